The first-order chi connectivity index (χ1) is 14.1. The highest BCUT2D eigenvalue weighted by Gasteiger charge is 2.86. The second-order valence-corrected chi connectivity index (χ2v) is 7.70. The lowest BCUT2D eigenvalue weighted by Gasteiger charge is -2.10. The van der Waals surface area contributed by atoms with Crippen LogP contribution in [0.3, 0.4) is 0 Å². The molecule has 3 heterocycles. The molecule has 3 amide bonds. The van der Waals surface area contributed by atoms with Crippen molar-refractivity contribution in [3.63, 3.8) is 0 Å². The van der Waals surface area contributed by atoms with E-state index in [0.717, 1.165) is 12.8 Å². The summed E-state index contributed by atoms with van der Waals surface area (Å²) in [6.45, 7) is 0.368. The Bertz CT molecular complexity index is 1010. The molecule has 3 aliphatic heterocycles. The van der Waals surface area contributed by atoms with E-state index in [1.165, 1.54) is 5.56 Å². The van der Waals surface area contributed by atoms with Gasteiger partial charge in [0.1, 0.15) is 0 Å². The van der Waals surface area contributed by atoms with E-state index in [9.17, 15) is 14.4 Å². The fraction of sp³-hybridized carbons (Fsp3) is 0.318. The molecule has 0 aromatic heterocycles. The Kier molecular flexibility index (Phi) is 3.87. The van der Waals surface area contributed by atoms with Crippen LogP contribution in [-0.2, 0) is 11.2 Å². The van der Waals surface area contributed by atoms with Crippen LogP contribution < -0.4 is 5.73 Å². The van der Waals surface area contributed by atoms with Crippen LogP contribution in [0.5, 0.6) is 0 Å². The number of hydrogen-bond donors (Lipinski definition) is 1. The standard InChI is InChI=1S/C22H21N3O4/c23-19(26)15-8-4-5-9-16(15)20(27)24-17(11-10-14-6-2-1-3-7-14)22(24)18-12-13-29-21(28)25(18)22/h1-9,17-18H,10-13H2,(H2,23,26)/t17-,18?,22+,24?,25?/m0/s1. The van der Waals surface area contributed by atoms with Gasteiger partial charge >= 0.3 is 6.09 Å². The smallest absolute Gasteiger partial charge is 0.412 e. The normalized spacial score (nSPS) is 26.7. The molecule has 3 aliphatic rings. The summed E-state index contributed by atoms with van der Waals surface area (Å²) in [6, 6.07) is 16.5. The van der Waals surface area contributed by atoms with Gasteiger partial charge in [0, 0.05) is 6.42 Å². The van der Waals surface area contributed by atoms with E-state index in [-0.39, 0.29) is 35.2 Å². The second-order valence-electron chi connectivity index (χ2n) is 7.70. The van der Waals surface area contributed by atoms with Gasteiger partial charge in [0.15, 0.2) is 5.66 Å². The minimum Gasteiger partial charge on any atom is -0.449 e. The summed E-state index contributed by atoms with van der Waals surface area (Å²) in [5.74, 6) is -0.904. The summed E-state index contributed by atoms with van der Waals surface area (Å²) in [7, 11) is 0. The van der Waals surface area contributed by atoms with Gasteiger partial charge in [0.25, 0.3) is 5.91 Å². The number of carbonyl (C=O) groups excluding carboxylic acids is 3. The van der Waals surface area contributed by atoms with Crippen molar-refractivity contribution in [1.29, 1.82) is 0 Å². The number of nitrogens with two attached hydrogens (primary N) is 1. The molecule has 2 aromatic rings. The monoisotopic (exact) mass is 391 g/mol. The molecule has 3 saturated heterocycles. The maximum absolute atomic E-state index is 13.4. The largest absolute Gasteiger partial charge is 0.449 e. The number of primary amides is 1. The minimum atomic E-state index is -0.640. The molecule has 3 fully saturated rings. The summed E-state index contributed by atoms with van der Waals surface area (Å²) < 4.78 is 5.19. The first-order valence-corrected chi connectivity index (χ1v) is 9.79. The first-order valence-electron chi connectivity index (χ1n) is 9.79. The number of fused-ring (bicyclic) bond motifs is 3. The molecule has 2 N–H and O–H groups in total. The Morgan fingerprint density at radius 1 is 1.07 bits per heavy atom. The molecular formula is C22H21N3O4. The van der Waals surface area contributed by atoms with Gasteiger partial charge in [-0.15, -0.1) is 0 Å². The van der Waals surface area contributed by atoms with Gasteiger partial charge in [0.2, 0.25) is 5.91 Å². The molecule has 5 rings (SSSR count). The summed E-state index contributed by atoms with van der Waals surface area (Å²) in [6.07, 6.45) is 1.86. The van der Waals surface area contributed by atoms with Crippen molar-refractivity contribution >= 4 is 17.9 Å². The van der Waals surface area contributed by atoms with Crippen LogP contribution in [0.25, 0.3) is 0 Å². The fourth-order valence-corrected chi connectivity index (χ4v) is 4.92. The van der Waals surface area contributed by atoms with Crippen LogP contribution in [0.15, 0.2) is 54.6 Å². The zero-order valence-corrected chi connectivity index (χ0v) is 15.8. The molecule has 0 saturated carbocycles. The molecule has 3 atom stereocenters. The molecule has 148 valence electrons. The third-order valence-corrected chi connectivity index (χ3v) is 6.25. The van der Waals surface area contributed by atoms with Crippen molar-refractivity contribution in [3.05, 3.63) is 71.3 Å². The predicted molar refractivity (Wildman–Crippen MR) is 104 cm³/mol. The van der Waals surface area contributed by atoms with Crippen molar-refractivity contribution in [1.82, 2.24) is 9.80 Å². The van der Waals surface area contributed by atoms with Gasteiger partial charge in [-0.25, -0.2) is 4.79 Å². The van der Waals surface area contributed by atoms with Crippen molar-refractivity contribution in [2.24, 2.45) is 5.73 Å². The molecule has 2 aromatic carbocycles. The topological polar surface area (TPSA) is 92.5 Å². The third kappa shape index (κ3) is 2.53. The highest BCUT2D eigenvalue weighted by molar-refractivity contribution is 6.08. The molecule has 1 spiro atoms. The van der Waals surface area contributed by atoms with Crippen LogP contribution in [0.4, 0.5) is 4.79 Å². The lowest BCUT2D eigenvalue weighted by atomic mass is 10.1. The maximum Gasteiger partial charge on any atom is 0.412 e. The van der Waals surface area contributed by atoms with Gasteiger partial charge in [-0.3, -0.25) is 14.5 Å². The number of cyclic esters (lactones) is 1. The number of carbonyl (C=O) groups is 3. The van der Waals surface area contributed by atoms with Crippen LogP contribution >= 0.6 is 0 Å². The molecule has 0 radical (unpaired) electrons. The number of amides is 3. The van der Waals surface area contributed by atoms with E-state index in [0.29, 0.717) is 13.0 Å². The quantitative estimate of drug-likeness (QED) is 0.791. The van der Waals surface area contributed by atoms with Gasteiger partial charge < -0.3 is 15.4 Å². The van der Waals surface area contributed by atoms with Crippen molar-refractivity contribution in [2.45, 2.75) is 37.0 Å². The summed E-state index contributed by atoms with van der Waals surface area (Å²) >= 11 is 0. The number of aryl methyl sites for hydroxylation is 1. The van der Waals surface area contributed by atoms with Crippen molar-refractivity contribution in [3.8, 4) is 0 Å². The Morgan fingerprint density at radius 3 is 2.45 bits per heavy atom. The fourth-order valence-electron chi connectivity index (χ4n) is 4.92. The Hall–Kier alpha value is -3.35. The molecule has 0 aliphatic carbocycles. The minimum absolute atomic E-state index is 0.0192. The van der Waals surface area contributed by atoms with E-state index in [2.05, 4.69) is 12.1 Å². The van der Waals surface area contributed by atoms with Gasteiger partial charge in [-0.2, -0.15) is 0 Å². The van der Waals surface area contributed by atoms with Crippen molar-refractivity contribution in [2.75, 3.05) is 6.61 Å². The Labute approximate surface area is 168 Å². The van der Waals surface area contributed by atoms with Gasteiger partial charge in [-0.1, -0.05) is 42.5 Å². The molecule has 0 bridgehead atoms. The number of ether oxygens (including phenoxy) is 1. The van der Waals surface area contributed by atoms with E-state index < -0.39 is 11.6 Å². The zero-order chi connectivity index (χ0) is 20.2. The average molecular weight is 391 g/mol. The molecule has 1 unspecified atom stereocenters. The molecular weight excluding hydrogens is 370 g/mol. The van der Waals surface area contributed by atoms with Crippen LogP contribution in [0, 0.1) is 0 Å². The van der Waals surface area contributed by atoms with Gasteiger partial charge in [-0.05, 0) is 30.5 Å². The number of hydrogen-bond acceptors (Lipinski definition) is 4. The summed E-state index contributed by atoms with van der Waals surface area (Å²) in [5.41, 5.74) is 6.51. The Balaban J connectivity index is 1.45. The lowest BCUT2D eigenvalue weighted by Crippen LogP contribution is -2.25. The predicted octanol–water partition coefficient (Wildman–Crippen LogP) is 2.16. The molecule has 29 heavy (non-hydrogen) atoms. The molecule has 7 nitrogen and oxygen atoms in total. The highest BCUT2D eigenvalue weighted by Crippen LogP contribution is 2.64. The van der Waals surface area contributed by atoms with Crippen LogP contribution in [-0.4, -0.2) is 52.1 Å². The SMILES string of the molecule is NC(=O)c1ccccc1C(=O)N1[C@@H](CCc2ccccc2)[C@@]12C1CCOC(=O)N12. The lowest BCUT2D eigenvalue weighted by molar-refractivity contribution is 0.0840. The number of rotatable bonds is 5. The Morgan fingerprint density at radius 2 is 1.76 bits per heavy atom. The van der Waals surface area contributed by atoms with Crippen LogP contribution in [0.2, 0.25) is 0 Å². The highest BCUT2D eigenvalue weighted by atomic mass is 16.6. The van der Waals surface area contributed by atoms with Crippen LogP contribution in [0.1, 0.15) is 39.1 Å². The van der Waals surface area contributed by atoms with Crippen molar-refractivity contribution < 1.29 is 19.1 Å². The number of benzene rings is 2. The third-order valence-electron chi connectivity index (χ3n) is 6.25. The molecule has 7 heteroatoms. The summed E-state index contributed by atoms with van der Waals surface area (Å²) in [4.78, 5) is 40.9. The van der Waals surface area contributed by atoms with E-state index in [4.69, 9.17) is 10.5 Å². The average Bonchev–Trinajstić information content (AvgIpc) is 3.61. The van der Waals surface area contributed by atoms with E-state index in [1.807, 2.05) is 18.2 Å². The van der Waals surface area contributed by atoms with Gasteiger partial charge in [0.05, 0.1) is 29.8 Å². The zero-order valence-electron chi connectivity index (χ0n) is 15.8. The van der Waals surface area contributed by atoms with E-state index in [1.54, 1.807) is 34.1 Å². The first kappa shape index (κ1) is 17.7. The second kappa shape index (κ2) is 6.34. The maximum atomic E-state index is 13.4. The summed E-state index contributed by atoms with van der Waals surface area (Å²) in [5, 5.41) is 0. The number of nitrogens with zero attached hydrogens (tertiary/aromatic N) is 2. The van der Waals surface area contributed by atoms with E-state index >= 15 is 0 Å².